The van der Waals surface area contributed by atoms with Crippen LogP contribution in [0.1, 0.15) is 28.8 Å². The van der Waals surface area contributed by atoms with Gasteiger partial charge < -0.3 is 15.9 Å². The molecule has 136 valence electrons. The van der Waals surface area contributed by atoms with Crippen molar-refractivity contribution in [3.63, 3.8) is 0 Å². The first kappa shape index (κ1) is 16.9. The van der Waals surface area contributed by atoms with Crippen molar-refractivity contribution in [3.05, 3.63) is 29.3 Å². The van der Waals surface area contributed by atoms with Gasteiger partial charge in [0, 0.05) is 0 Å². The van der Waals surface area contributed by atoms with Crippen LogP contribution in [0, 0.1) is 29.6 Å². The topological polar surface area (TPSA) is 135 Å². The van der Waals surface area contributed by atoms with Crippen LogP contribution in [0.3, 0.4) is 0 Å². The van der Waals surface area contributed by atoms with Crippen LogP contribution >= 0.6 is 0 Å². The van der Waals surface area contributed by atoms with Crippen LogP contribution in [-0.2, 0) is 20.8 Å². The van der Waals surface area contributed by atoms with E-state index in [1.165, 1.54) is 6.07 Å². The predicted octanol–water partition coefficient (Wildman–Crippen LogP) is 0.00380. The number of fused-ring (bicyclic) bond motifs is 3. The van der Waals surface area contributed by atoms with Gasteiger partial charge in [-0.15, -0.1) is 0 Å². The van der Waals surface area contributed by atoms with Crippen molar-refractivity contribution in [1.29, 1.82) is 0 Å². The average molecular weight is 357 g/mol. The van der Waals surface area contributed by atoms with Gasteiger partial charge >= 0.3 is 0 Å². The Labute approximate surface area is 149 Å². The molecule has 2 fully saturated rings. The second-order valence-electron chi connectivity index (χ2n) is 7.58. The summed E-state index contributed by atoms with van der Waals surface area (Å²) in [5.74, 6) is -6.92. The number of benzene rings is 1. The quantitative estimate of drug-likeness (QED) is 0.606. The molecule has 0 bridgehead atoms. The van der Waals surface area contributed by atoms with E-state index in [9.17, 15) is 29.4 Å². The lowest BCUT2D eigenvalue weighted by Gasteiger charge is -2.45. The number of phenols is 1. The maximum absolute atomic E-state index is 13.1. The number of rotatable bonds is 1. The third-order valence-electron chi connectivity index (χ3n) is 6.15. The highest BCUT2D eigenvalue weighted by Gasteiger charge is 2.57. The molecule has 3 aliphatic carbocycles. The van der Waals surface area contributed by atoms with Gasteiger partial charge in [-0.2, -0.15) is 0 Å². The fourth-order valence-electron chi connectivity index (χ4n) is 5.11. The third kappa shape index (κ3) is 2.23. The Morgan fingerprint density at radius 2 is 1.77 bits per heavy atom. The van der Waals surface area contributed by atoms with E-state index in [4.69, 9.17) is 5.73 Å². The van der Waals surface area contributed by atoms with Crippen molar-refractivity contribution in [3.8, 4) is 5.75 Å². The minimum atomic E-state index is -1.41. The van der Waals surface area contributed by atoms with Crippen LogP contribution < -0.4 is 5.73 Å². The number of aromatic hydroxyl groups is 1. The van der Waals surface area contributed by atoms with Crippen LogP contribution in [0.4, 0.5) is 0 Å². The second-order valence-corrected chi connectivity index (χ2v) is 7.58. The Morgan fingerprint density at radius 1 is 1.04 bits per heavy atom. The van der Waals surface area contributed by atoms with E-state index >= 15 is 0 Å². The molecule has 26 heavy (non-hydrogen) atoms. The zero-order valence-corrected chi connectivity index (χ0v) is 13.9. The van der Waals surface area contributed by atoms with Gasteiger partial charge in [0.1, 0.15) is 11.7 Å². The summed E-state index contributed by atoms with van der Waals surface area (Å²) in [6, 6.07) is 4.81. The number of hydrogen-bond acceptors (Lipinski definition) is 6. The summed E-state index contributed by atoms with van der Waals surface area (Å²) in [4.78, 5) is 50.2. The van der Waals surface area contributed by atoms with Gasteiger partial charge in [-0.1, -0.05) is 12.1 Å². The number of phenolic OH excluding ortho intramolecular Hbond substituents is 1. The van der Waals surface area contributed by atoms with Crippen molar-refractivity contribution >= 4 is 23.3 Å². The monoisotopic (exact) mass is 357 g/mol. The molecule has 1 aromatic rings. The summed E-state index contributed by atoms with van der Waals surface area (Å²) < 4.78 is 0. The first-order valence-electron chi connectivity index (χ1n) is 8.71. The van der Waals surface area contributed by atoms with E-state index in [0.717, 1.165) is 0 Å². The van der Waals surface area contributed by atoms with Gasteiger partial charge in [-0.3, -0.25) is 19.2 Å². The number of aliphatic hydroxyl groups excluding tert-OH is 1. The van der Waals surface area contributed by atoms with Crippen LogP contribution in [-0.4, -0.2) is 39.6 Å². The largest absolute Gasteiger partial charge is 0.507 e. The number of carbonyl (C=O) groups excluding carboxylic acids is 4. The fraction of sp³-hybridized carbons (Fsp3) is 0.474. The van der Waals surface area contributed by atoms with Gasteiger partial charge in [0.05, 0.1) is 23.5 Å². The standard InChI is InChI=1S/C19H19NO6/c20-19(26)15-11(22)6-9-5-8-4-7-2-1-3-10(21)12(7)16(23)13(8)17(24)14(9)18(15)25/h1-3,8-9,11,13-15,21-22H,4-6H2,(H2,20,26). The molecule has 2 saturated carbocycles. The molecule has 4 N–H and O–H groups in total. The highest BCUT2D eigenvalue weighted by Crippen LogP contribution is 2.48. The van der Waals surface area contributed by atoms with Crippen LogP contribution in [0.2, 0.25) is 0 Å². The van der Waals surface area contributed by atoms with Crippen molar-refractivity contribution < 1.29 is 29.4 Å². The molecule has 6 atom stereocenters. The summed E-state index contributed by atoms with van der Waals surface area (Å²) in [5, 5.41) is 20.2. The number of carbonyl (C=O) groups is 4. The molecule has 7 nitrogen and oxygen atoms in total. The lowest BCUT2D eigenvalue weighted by molar-refractivity contribution is -0.154. The lowest BCUT2D eigenvalue weighted by atomic mass is 9.56. The zero-order chi connectivity index (χ0) is 18.7. The fourth-order valence-corrected chi connectivity index (χ4v) is 5.11. The SMILES string of the molecule is NC(=O)C1C(=O)C2C(=O)C3C(=O)c4c(O)cccc4CC3CC2CC1O. The Morgan fingerprint density at radius 3 is 2.46 bits per heavy atom. The van der Waals surface area contributed by atoms with E-state index in [2.05, 4.69) is 0 Å². The number of ketones is 3. The van der Waals surface area contributed by atoms with E-state index in [0.29, 0.717) is 18.4 Å². The molecule has 0 aliphatic heterocycles. The Bertz CT molecular complexity index is 846. The van der Waals surface area contributed by atoms with Gasteiger partial charge in [-0.25, -0.2) is 0 Å². The first-order valence-corrected chi connectivity index (χ1v) is 8.71. The second kappa shape index (κ2) is 5.74. The number of aliphatic hydroxyl groups is 1. The first-order chi connectivity index (χ1) is 12.3. The van der Waals surface area contributed by atoms with Crippen LogP contribution in [0.15, 0.2) is 18.2 Å². The maximum Gasteiger partial charge on any atom is 0.230 e. The summed E-state index contributed by atoms with van der Waals surface area (Å²) in [6.07, 6.45) is -0.157. The molecule has 0 aromatic heterocycles. The molecule has 1 amide bonds. The summed E-state index contributed by atoms with van der Waals surface area (Å²) >= 11 is 0. The van der Waals surface area contributed by atoms with Gasteiger partial charge in [-0.05, 0) is 42.7 Å². The predicted molar refractivity (Wildman–Crippen MR) is 88.0 cm³/mol. The van der Waals surface area contributed by atoms with Crippen molar-refractivity contribution in [1.82, 2.24) is 0 Å². The molecule has 6 unspecified atom stereocenters. The lowest BCUT2D eigenvalue weighted by Crippen LogP contribution is -2.57. The van der Waals surface area contributed by atoms with Gasteiger partial charge in [0.25, 0.3) is 0 Å². The average Bonchev–Trinajstić information content (AvgIpc) is 2.53. The zero-order valence-electron chi connectivity index (χ0n) is 13.9. The minimum Gasteiger partial charge on any atom is -0.507 e. The van der Waals surface area contributed by atoms with Crippen molar-refractivity contribution in [2.24, 2.45) is 35.3 Å². The molecular formula is C19H19NO6. The number of hydrogen-bond donors (Lipinski definition) is 3. The maximum atomic E-state index is 13.1. The van der Waals surface area contributed by atoms with Crippen molar-refractivity contribution in [2.45, 2.75) is 25.4 Å². The minimum absolute atomic E-state index is 0.139. The molecule has 4 rings (SSSR count). The molecule has 0 spiro atoms. The molecule has 3 aliphatic rings. The van der Waals surface area contributed by atoms with Gasteiger partial charge in [0.15, 0.2) is 17.3 Å². The Hall–Kier alpha value is -2.54. The normalized spacial score (nSPS) is 36.1. The molecule has 7 heteroatoms. The van der Waals surface area contributed by atoms with E-state index in [1.54, 1.807) is 12.1 Å². The highest BCUT2D eigenvalue weighted by atomic mass is 16.3. The van der Waals surface area contributed by atoms with E-state index in [1.807, 2.05) is 0 Å². The number of Topliss-reactive ketones (excluding diaryl/α,β-unsaturated/α-hetero) is 3. The Balaban J connectivity index is 1.74. The highest BCUT2D eigenvalue weighted by molar-refractivity contribution is 6.21. The van der Waals surface area contributed by atoms with E-state index < -0.39 is 53.0 Å². The molecule has 0 heterocycles. The number of primary amides is 1. The van der Waals surface area contributed by atoms with Gasteiger partial charge in [0.2, 0.25) is 5.91 Å². The molecule has 0 saturated heterocycles. The molecular weight excluding hydrogens is 338 g/mol. The number of amides is 1. The summed E-state index contributed by atoms with van der Waals surface area (Å²) in [5.41, 5.74) is 6.07. The molecule has 0 radical (unpaired) electrons. The smallest absolute Gasteiger partial charge is 0.230 e. The summed E-state index contributed by atoms with van der Waals surface area (Å²) in [7, 11) is 0. The number of nitrogens with two attached hydrogens (primary N) is 1. The summed E-state index contributed by atoms with van der Waals surface area (Å²) in [6.45, 7) is 0. The molecule has 1 aromatic carbocycles. The van der Waals surface area contributed by atoms with E-state index in [-0.39, 0.29) is 23.7 Å². The van der Waals surface area contributed by atoms with Crippen molar-refractivity contribution in [2.75, 3.05) is 0 Å². The van der Waals surface area contributed by atoms with Crippen LogP contribution in [0.25, 0.3) is 0 Å². The van der Waals surface area contributed by atoms with Crippen LogP contribution in [0.5, 0.6) is 5.75 Å². The Kier molecular flexibility index (Phi) is 3.73. The third-order valence-corrected chi connectivity index (χ3v) is 6.15.